The summed E-state index contributed by atoms with van der Waals surface area (Å²) in [6.45, 7) is 9.14. The maximum Gasteiger partial charge on any atom is 0.331 e. The molecule has 1 saturated carbocycles. The SMILES string of the molecule is CCCCCN(CCCCC)CCC(O)(C=CC1OC(=O)C=CC1CC)C(CC(O)C=CC=CC1CCCC(O)C1)OP. The van der Waals surface area contributed by atoms with Crippen molar-refractivity contribution < 1.29 is 29.4 Å². The maximum absolute atomic E-state index is 12.2. The van der Waals surface area contributed by atoms with Gasteiger partial charge in [-0.1, -0.05) is 89.3 Å². The van der Waals surface area contributed by atoms with Gasteiger partial charge in [0.15, 0.2) is 0 Å². The van der Waals surface area contributed by atoms with E-state index in [2.05, 4.69) is 34.3 Å². The number of hydrogen-bond acceptors (Lipinski definition) is 7. The Kier molecular flexibility index (Phi) is 18.8. The highest BCUT2D eigenvalue weighted by Crippen LogP contribution is 2.30. The second-order valence-corrected chi connectivity index (χ2v) is 12.7. The van der Waals surface area contributed by atoms with E-state index >= 15 is 0 Å². The third-order valence-electron chi connectivity index (χ3n) is 8.88. The minimum atomic E-state index is -1.38. The lowest BCUT2D eigenvalue weighted by Gasteiger charge is -2.36. The average Bonchev–Trinajstić information content (AvgIpc) is 2.99. The first kappa shape index (κ1) is 37.8. The van der Waals surface area contributed by atoms with Gasteiger partial charge in [-0.05, 0) is 70.0 Å². The van der Waals surface area contributed by atoms with Crippen LogP contribution in [0, 0.1) is 11.8 Å². The van der Waals surface area contributed by atoms with E-state index in [0.717, 1.165) is 70.9 Å². The summed E-state index contributed by atoms with van der Waals surface area (Å²) < 4.78 is 11.4. The molecule has 0 saturated heterocycles. The molecule has 1 aliphatic heterocycles. The second-order valence-electron chi connectivity index (χ2n) is 12.5. The number of esters is 1. The molecule has 1 fully saturated rings. The van der Waals surface area contributed by atoms with Gasteiger partial charge in [0.25, 0.3) is 0 Å². The van der Waals surface area contributed by atoms with Crippen molar-refractivity contribution in [2.45, 2.75) is 134 Å². The van der Waals surface area contributed by atoms with Gasteiger partial charge in [-0.3, -0.25) is 0 Å². The number of cyclic esters (lactones) is 1. The normalized spacial score (nSPS) is 26.0. The van der Waals surface area contributed by atoms with Crippen molar-refractivity contribution in [3.05, 3.63) is 48.6 Å². The van der Waals surface area contributed by atoms with E-state index in [1.165, 1.54) is 18.9 Å². The molecule has 246 valence electrons. The number of rotatable bonds is 21. The minimum Gasteiger partial charge on any atom is -0.454 e. The quantitative estimate of drug-likeness (QED) is 0.0446. The largest absolute Gasteiger partial charge is 0.454 e. The van der Waals surface area contributed by atoms with E-state index < -0.39 is 23.9 Å². The molecule has 0 aromatic rings. The molecular formula is C35H60NO6P. The van der Waals surface area contributed by atoms with Crippen LogP contribution in [-0.2, 0) is 14.1 Å². The molecule has 0 amide bonds. The number of carbonyl (C=O) groups excluding carboxylic acids is 1. The van der Waals surface area contributed by atoms with Gasteiger partial charge in [-0.2, -0.15) is 0 Å². The van der Waals surface area contributed by atoms with Crippen LogP contribution in [0.1, 0.15) is 104 Å². The van der Waals surface area contributed by atoms with Gasteiger partial charge in [0.2, 0.25) is 0 Å². The molecule has 43 heavy (non-hydrogen) atoms. The van der Waals surface area contributed by atoms with Crippen molar-refractivity contribution in [2.75, 3.05) is 19.6 Å². The van der Waals surface area contributed by atoms with Crippen LogP contribution in [0.25, 0.3) is 0 Å². The lowest BCUT2D eigenvalue weighted by molar-refractivity contribution is -0.143. The van der Waals surface area contributed by atoms with Crippen LogP contribution in [0.4, 0.5) is 0 Å². The number of hydrogen-bond donors (Lipinski definition) is 3. The highest BCUT2D eigenvalue weighted by molar-refractivity contribution is 7.09. The van der Waals surface area contributed by atoms with Crippen LogP contribution in [-0.4, -0.2) is 75.8 Å². The zero-order valence-electron chi connectivity index (χ0n) is 27.0. The molecule has 8 heteroatoms. The maximum atomic E-state index is 12.2. The predicted molar refractivity (Wildman–Crippen MR) is 178 cm³/mol. The van der Waals surface area contributed by atoms with Crippen LogP contribution < -0.4 is 0 Å². The first-order valence-electron chi connectivity index (χ1n) is 16.8. The monoisotopic (exact) mass is 621 g/mol. The smallest absolute Gasteiger partial charge is 0.331 e. The summed E-state index contributed by atoms with van der Waals surface area (Å²) in [6.07, 6.45) is 24.4. The first-order valence-corrected chi connectivity index (χ1v) is 17.3. The molecule has 1 heterocycles. The van der Waals surface area contributed by atoms with E-state index in [4.69, 9.17) is 9.26 Å². The number of aliphatic hydroxyl groups excluding tert-OH is 2. The molecule has 8 atom stereocenters. The number of carbonyl (C=O) groups is 1. The van der Waals surface area contributed by atoms with E-state index in [1.54, 1.807) is 18.2 Å². The zero-order valence-corrected chi connectivity index (χ0v) is 28.1. The number of ether oxygens (including phenoxy) is 1. The molecule has 8 unspecified atom stereocenters. The van der Waals surface area contributed by atoms with Crippen molar-refractivity contribution in [2.24, 2.45) is 11.8 Å². The standard InChI is InChI=1S/C35H60NO6P/c1-4-7-11-23-36(24-12-8-5-2)25-22-35(40,21-20-32-29(6-3)18-19-34(39)41-32)33(42-43)27-31(38)16-10-9-14-28-15-13-17-30(37)26-28/h9-10,14,16,18-21,28-33,37-38,40H,4-8,11-13,15,17,22-27,43H2,1-3H3. The van der Waals surface area contributed by atoms with Crippen molar-refractivity contribution in [3.63, 3.8) is 0 Å². The average molecular weight is 622 g/mol. The van der Waals surface area contributed by atoms with Crippen LogP contribution >= 0.6 is 9.47 Å². The summed E-state index contributed by atoms with van der Waals surface area (Å²) >= 11 is 0. The Morgan fingerprint density at radius 1 is 1.09 bits per heavy atom. The molecule has 0 aromatic heterocycles. The Morgan fingerprint density at radius 3 is 2.44 bits per heavy atom. The molecule has 0 aromatic carbocycles. The summed E-state index contributed by atoms with van der Waals surface area (Å²) in [4.78, 5) is 14.4. The number of nitrogens with zero attached hydrogens (tertiary/aromatic N) is 1. The Hall–Kier alpha value is -1.34. The first-order chi connectivity index (χ1) is 20.7. The Balaban J connectivity index is 2.18. The summed E-state index contributed by atoms with van der Waals surface area (Å²) in [6, 6.07) is 0. The fourth-order valence-electron chi connectivity index (χ4n) is 6.04. The lowest BCUT2D eigenvalue weighted by Crippen LogP contribution is -2.46. The molecule has 0 radical (unpaired) electrons. The molecule has 1 aliphatic carbocycles. The second kappa shape index (κ2) is 21.4. The Morgan fingerprint density at radius 2 is 1.81 bits per heavy atom. The van der Waals surface area contributed by atoms with Crippen molar-refractivity contribution >= 4 is 15.4 Å². The van der Waals surface area contributed by atoms with Gasteiger partial charge in [0.05, 0.1) is 18.3 Å². The van der Waals surface area contributed by atoms with Crippen LogP contribution in [0.5, 0.6) is 0 Å². The van der Waals surface area contributed by atoms with Crippen molar-refractivity contribution in [1.82, 2.24) is 4.90 Å². The Labute approximate surface area is 263 Å². The third-order valence-corrected chi connectivity index (χ3v) is 9.20. The van der Waals surface area contributed by atoms with E-state index in [9.17, 15) is 20.1 Å². The summed E-state index contributed by atoms with van der Waals surface area (Å²) in [5.41, 5.74) is -1.38. The van der Waals surface area contributed by atoms with Crippen LogP contribution in [0.15, 0.2) is 48.6 Å². The van der Waals surface area contributed by atoms with Crippen LogP contribution in [0.3, 0.4) is 0 Å². The van der Waals surface area contributed by atoms with E-state index in [-0.39, 0.29) is 24.4 Å². The summed E-state index contributed by atoms with van der Waals surface area (Å²) in [7, 11) is 2.28. The molecular weight excluding hydrogens is 561 g/mol. The van der Waals surface area contributed by atoms with Gasteiger partial charge < -0.3 is 29.5 Å². The van der Waals surface area contributed by atoms with Crippen molar-refractivity contribution in [3.8, 4) is 0 Å². The van der Waals surface area contributed by atoms with E-state index in [0.29, 0.717) is 18.9 Å². The molecule has 2 rings (SSSR count). The van der Waals surface area contributed by atoms with Gasteiger partial charge in [0.1, 0.15) is 11.7 Å². The number of unbranched alkanes of at least 4 members (excludes halogenated alkanes) is 4. The minimum absolute atomic E-state index is 0.0405. The van der Waals surface area contributed by atoms with Gasteiger partial charge in [0, 0.05) is 34.4 Å². The van der Waals surface area contributed by atoms with Gasteiger partial charge in [-0.25, -0.2) is 4.79 Å². The molecule has 2 aliphatic rings. The lowest BCUT2D eigenvalue weighted by atomic mass is 9.86. The molecule has 3 N–H and O–H groups in total. The highest BCUT2D eigenvalue weighted by Gasteiger charge is 2.37. The zero-order chi connectivity index (χ0) is 31.5. The summed E-state index contributed by atoms with van der Waals surface area (Å²) in [5, 5.41) is 33.0. The molecule has 0 spiro atoms. The fourth-order valence-corrected chi connectivity index (χ4v) is 6.39. The highest BCUT2D eigenvalue weighted by atomic mass is 31.0. The summed E-state index contributed by atoms with van der Waals surface area (Å²) in [5.74, 6) is 0.0204. The van der Waals surface area contributed by atoms with Gasteiger partial charge >= 0.3 is 5.97 Å². The van der Waals surface area contributed by atoms with Crippen LogP contribution in [0.2, 0.25) is 0 Å². The Bertz CT molecular complexity index is 882. The van der Waals surface area contributed by atoms with E-state index in [1.807, 2.05) is 25.2 Å². The third kappa shape index (κ3) is 14.5. The number of allylic oxidation sites excluding steroid dienone is 3. The molecule has 7 nitrogen and oxygen atoms in total. The van der Waals surface area contributed by atoms with Crippen molar-refractivity contribution in [1.29, 1.82) is 0 Å². The topological polar surface area (TPSA) is 99.5 Å². The van der Waals surface area contributed by atoms with Gasteiger partial charge in [-0.15, -0.1) is 0 Å². The fraction of sp³-hybridized carbons (Fsp3) is 0.743. The molecule has 0 bridgehead atoms. The predicted octanol–water partition coefficient (Wildman–Crippen LogP) is 6.44. The number of aliphatic hydroxyl groups is 3.